The van der Waals surface area contributed by atoms with Crippen molar-refractivity contribution >= 4 is 0 Å². The number of hydrogen-bond acceptors (Lipinski definition) is 3. The molecule has 1 N–H and O–H groups in total. The van der Waals surface area contributed by atoms with Crippen LogP contribution in [-0.4, -0.2) is 25.6 Å². The molecule has 1 unspecified atom stereocenters. The molecule has 114 valence electrons. The molecule has 20 heavy (non-hydrogen) atoms. The highest BCUT2D eigenvalue weighted by atomic mass is 19.4. The van der Waals surface area contributed by atoms with E-state index in [1.54, 1.807) is 6.07 Å². The zero-order valence-corrected chi connectivity index (χ0v) is 11.7. The van der Waals surface area contributed by atoms with Gasteiger partial charge in [-0.15, -0.1) is 13.2 Å². The third-order valence-electron chi connectivity index (χ3n) is 2.62. The fourth-order valence-corrected chi connectivity index (χ4v) is 1.65. The second-order valence-electron chi connectivity index (χ2n) is 4.35. The van der Waals surface area contributed by atoms with E-state index >= 15 is 0 Å². The number of para-hydroxylation sites is 2. The zero-order valence-electron chi connectivity index (χ0n) is 11.7. The Morgan fingerprint density at radius 3 is 2.35 bits per heavy atom. The van der Waals surface area contributed by atoms with E-state index < -0.39 is 6.36 Å². The number of benzene rings is 1. The van der Waals surface area contributed by atoms with Crippen LogP contribution in [0.1, 0.15) is 26.7 Å². The molecule has 0 heterocycles. The molecule has 3 nitrogen and oxygen atoms in total. The number of nitrogens with one attached hydrogen (secondary N) is 1. The Hall–Kier alpha value is -1.43. The molecule has 0 spiro atoms. The minimum Gasteiger partial charge on any atom is -0.485 e. The van der Waals surface area contributed by atoms with Gasteiger partial charge in [0.15, 0.2) is 11.5 Å². The van der Waals surface area contributed by atoms with Crippen LogP contribution >= 0.6 is 0 Å². The highest BCUT2D eigenvalue weighted by Gasteiger charge is 2.32. The van der Waals surface area contributed by atoms with E-state index in [-0.39, 0.29) is 17.6 Å². The molecule has 1 aromatic carbocycles. The summed E-state index contributed by atoms with van der Waals surface area (Å²) in [4.78, 5) is 0. The second kappa shape index (κ2) is 7.99. The van der Waals surface area contributed by atoms with Gasteiger partial charge in [-0.25, -0.2) is 0 Å². The summed E-state index contributed by atoms with van der Waals surface area (Å²) in [5.41, 5.74) is 0. The Morgan fingerprint density at radius 1 is 1.15 bits per heavy atom. The van der Waals surface area contributed by atoms with Crippen LogP contribution in [0, 0.1) is 0 Å². The zero-order chi connectivity index (χ0) is 15.0. The van der Waals surface area contributed by atoms with Crippen LogP contribution in [-0.2, 0) is 0 Å². The van der Waals surface area contributed by atoms with Crippen molar-refractivity contribution in [3.63, 3.8) is 0 Å². The van der Waals surface area contributed by atoms with Crippen molar-refractivity contribution in [1.82, 2.24) is 5.32 Å². The fourth-order valence-electron chi connectivity index (χ4n) is 1.65. The molecule has 0 aliphatic rings. The van der Waals surface area contributed by atoms with Crippen LogP contribution in [0.5, 0.6) is 11.5 Å². The molecule has 0 bridgehead atoms. The van der Waals surface area contributed by atoms with E-state index in [4.69, 9.17) is 4.74 Å². The predicted octanol–water partition coefficient (Wildman–Crippen LogP) is 3.74. The van der Waals surface area contributed by atoms with Crippen molar-refractivity contribution in [2.75, 3.05) is 13.1 Å². The van der Waals surface area contributed by atoms with E-state index in [9.17, 15) is 13.2 Å². The summed E-state index contributed by atoms with van der Waals surface area (Å²) in [6, 6.07) is 5.81. The topological polar surface area (TPSA) is 30.5 Å². The first kappa shape index (κ1) is 16.6. The van der Waals surface area contributed by atoms with Crippen molar-refractivity contribution in [3.8, 4) is 11.5 Å². The number of alkyl halides is 3. The first-order valence-corrected chi connectivity index (χ1v) is 6.68. The normalized spacial score (nSPS) is 13.1. The van der Waals surface area contributed by atoms with Crippen LogP contribution in [0.25, 0.3) is 0 Å². The quantitative estimate of drug-likeness (QED) is 0.740. The summed E-state index contributed by atoms with van der Waals surface area (Å²) >= 11 is 0. The van der Waals surface area contributed by atoms with Crippen LogP contribution in [0.15, 0.2) is 24.3 Å². The lowest BCUT2D eigenvalue weighted by molar-refractivity contribution is -0.275. The second-order valence-corrected chi connectivity index (χ2v) is 4.35. The van der Waals surface area contributed by atoms with Gasteiger partial charge in [0.1, 0.15) is 6.10 Å². The molecule has 0 amide bonds. The van der Waals surface area contributed by atoms with Crippen LogP contribution in [0.2, 0.25) is 0 Å². The molecule has 6 heteroatoms. The predicted molar refractivity (Wildman–Crippen MR) is 71.0 cm³/mol. The smallest absolute Gasteiger partial charge is 0.485 e. The maximum atomic E-state index is 12.3. The molecule has 0 aliphatic heterocycles. The molecule has 0 saturated heterocycles. The Labute approximate surface area is 117 Å². The van der Waals surface area contributed by atoms with E-state index in [2.05, 4.69) is 10.1 Å². The van der Waals surface area contributed by atoms with E-state index in [1.165, 1.54) is 18.2 Å². The van der Waals surface area contributed by atoms with Gasteiger partial charge in [0.05, 0.1) is 0 Å². The molecule has 1 rings (SSSR count). The third kappa shape index (κ3) is 6.14. The minimum absolute atomic E-state index is 0.106. The summed E-state index contributed by atoms with van der Waals surface area (Å²) in [6.07, 6.45) is -3.23. The molecular weight excluding hydrogens is 271 g/mol. The van der Waals surface area contributed by atoms with Gasteiger partial charge in [-0.05, 0) is 31.5 Å². The van der Waals surface area contributed by atoms with Crippen LogP contribution in [0.4, 0.5) is 13.2 Å². The van der Waals surface area contributed by atoms with E-state index in [0.29, 0.717) is 13.0 Å². The Morgan fingerprint density at radius 2 is 1.80 bits per heavy atom. The lowest BCUT2D eigenvalue weighted by Crippen LogP contribution is -2.31. The van der Waals surface area contributed by atoms with Crippen molar-refractivity contribution < 1.29 is 22.6 Å². The summed E-state index contributed by atoms with van der Waals surface area (Å²) in [5.74, 6) is -0.205. The van der Waals surface area contributed by atoms with Gasteiger partial charge in [-0.1, -0.05) is 26.0 Å². The maximum Gasteiger partial charge on any atom is 0.573 e. The number of hydrogen-bond donors (Lipinski definition) is 1. The maximum absolute atomic E-state index is 12.3. The summed E-state index contributed by atoms with van der Waals surface area (Å²) in [7, 11) is 0. The Bertz CT molecular complexity index is 396. The number of halogens is 3. The minimum atomic E-state index is -4.72. The van der Waals surface area contributed by atoms with Crippen molar-refractivity contribution in [1.29, 1.82) is 0 Å². The fraction of sp³-hybridized carbons (Fsp3) is 0.571. The number of rotatable bonds is 8. The van der Waals surface area contributed by atoms with Gasteiger partial charge in [-0.2, -0.15) is 0 Å². The monoisotopic (exact) mass is 291 g/mol. The van der Waals surface area contributed by atoms with Gasteiger partial charge in [0.2, 0.25) is 0 Å². The summed E-state index contributed by atoms with van der Waals surface area (Å²) < 4.78 is 46.5. The molecule has 0 fully saturated rings. The average molecular weight is 291 g/mol. The van der Waals surface area contributed by atoms with Gasteiger partial charge >= 0.3 is 6.36 Å². The summed E-state index contributed by atoms with van der Waals surface area (Å²) in [5, 5.41) is 3.19. The Balaban J connectivity index is 2.69. The van der Waals surface area contributed by atoms with Gasteiger partial charge in [0, 0.05) is 6.54 Å². The Kier molecular flexibility index (Phi) is 6.64. The SMILES string of the molecule is CCCNCC(CC)Oc1ccccc1OC(F)(F)F. The highest BCUT2D eigenvalue weighted by molar-refractivity contribution is 5.39. The van der Waals surface area contributed by atoms with Gasteiger partial charge < -0.3 is 14.8 Å². The lowest BCUT2D eigenvalue weighted by atomic mass is 10.2. The molecule has 1 atom stereocenters. The first-order valence-electron chi connectivity index (χ1n) is 6.68. The van der Waals surface area contributed by atoms with Gasteiger partial charge in [0.25, 0.3) is 0 Å². The van der Waals surface area contributed by atoms with Crippen molar-refractivity contribution in [2.45, 2.75) is 39.2 Å². The van der Waals surface area contributed by atoms with Crippen molar-refractivity contribution in [3.05, 3.63) is 24.3 Å². The molecular formula is C14H20F3NO2. The van der Waals surface area contributed by atoms with Crippen molar-refractivity contribution in [2.24, 2.45) is 0 Å². The first-order chi connectivity index (χ1) is 9.46. The van der Waals surface area contributed by atoms with Gasteiger partial charge in [-0.3, -0.25) is 0 Å². The third-order valence-corrected chi connectivity index (χ3v) is 2.62. The number of ether oxygens (including phenoxy) is 2. The van der Waals surface area contributed by atoms with Crippen LogP contribution in [0.3, 0.4) is 0 Å². The highest BCUT2D eigenvalue weighted by Crippen LogP contribution is 2.32. The molecule has 0 aromatic heterocycles. The molecule has 0 saturated carbocycles. The van der Waals surface area contributed by atoms with Crippen LogP contribution < -0.4 is 14.8 Å². The van der Waals surface area contributed by atoms with E-state index in [0.717, 1.165) is 13.0 Å². The molecule has 1 aromatic rings. The average Bonchev–Trinajstić information content (AvgIpc) is 2.38. The molecule has 0 radical (unpaired) electrons. The molecule has 0 aliphatic carbocycles. The lowest BCUT2D eigenvalue weighted by Gasteiger charge is -2.20. The summed E-state index contributed by atoms with van der Waals surface area (Å²) in [6.45, 7) is 5.40. The van der Waals surface area contributed by atoms with E-state index in [1.807, 2.05) is 13.8 Å². The standard InChI is InChI=1S/C14H20F3NO2/c1-3-9-18-10-11(4-2)19-12-7-5-6-8-13(12)20-14(15,16)17/h5-8,11,18H,3-4,9-10H2,1-2H3. The largest absolute Gasteiger partial charge is 0.573 e.